The lowest BCUT2D eigenvalue weighted by molar-refractivity contribution is 0.0691. The van der Waals surface area contributed by atoms with Crippen LogP contribution >= 0.6 is 0 Å². The molecule has 0 atom stereocenters. The molecule has 1 N–H and O–H groups in total. The van der Waals surface area contributed by atoms with Crippen LogP contribution in [0, 0.1) is 5.82 Å². The van der Waals surface area contributed by atoms with Gasteiger partial charge in [-0.2, -0.15) is 0 Å². The number of imidazole rings is 1. The summed E-state index contributed by atoms with van der Waals surface area (Å²) < 4.78 is 15.0. The Labute approximate surface area is 120 Å². The SMILES string of the molecule is O=C(O)c1cn(-c2cccc(F)c2)c(-c2ccccc2)n1. The van der Waals surface area contributed by atoms with Gasteiger partial charge in [0.15, 0.2) is 5.69 Å². The number of rotatable bonds is 3. The Hall–Kier alpha value is -2.95. The molecule has 0 aliphatic rings. The normalized spacial score (nSPS) is 10.5. The summed E-state index contributed by atoms with van der Waals surface area (Å²) >= 11 is 0. The molecule has 0 bridgehead atoms. The van der Waals surface area contributed by atoms with E-state index in [1.807, 2.05) is 30.3 Å². The van der Waals surface area contributed by atoms with Crippen molar-refractivity contribution in [1.82, 2.24) is 9.55 Å². The summed E-state index contributed by atoms with van der Waals surface area (Å²) in [6.45, 7) is 0. The minimum atomic E-state index is -1.12. The summed E-state index contributed by atoms with van der Waals surface area (Å²) in [6.07, 6.45) is 1.39. The van der Waals surface area contributed by atoms with Crippen LogP contribution in [-0.4, -0.2) is 20.6 Å². The molecule has 1 heterocycles. The van der Waals surface area contributed by atoms with Gasteiger partial charge in [0.1, 0.15) is 11.6 Å². The van der Waals surface area contributed by atoms with Gasteiger partial charge >= 0.3 is 5.97 Å². The number of carboxylic acid groups (broad SMARTS) is 1. The molecule has 0 aliphatic carbocycles. The van der Waals surface area contributed by atoms with Gasteiger partial charge in [-0.05, 0) is 18.2 Å². The van der Waals surface area contributed by atoms with Crippen molar-refractivity contribution in [3.8, 4) is 17.1 Å². The number of carboxylic acids is 1. The second-order valence-corrected chi connectivity index (χ2v) is 4.47. The maximum Gasteiger partial charge on any atom is 0.356 e. The number of hydrogen-bond donors (Lipinski definition) is 1. The third-order valence-electron chi connectivity index (χ3n) is 3.04. The average Bonchev–Trinajstić information content (AvgIpc) is 2.93. The highest BCUT2D eigenvalue weighted by atomic mass is 19.1. The average molecular weight is 282 g/mol. The molecule has 0 saturated heterocycles. The summed E-state index contributed by atoms with van der Waals surface area (Å²) in [5.41, 5.74) is 1.20. The largest absolute Gasteiger partial charge is 0.476 e. The molecule has 0 saturated carbocycles. The molecule has 0 aliphatic heterocycles. The highest BCUT2D eigenvalue weighted by molar-refractivity contribution is 5.86. The van der Waals surface area contributed by atoms with E-state index < -0.39 is 11.8 Å². The molecular weight excluding hydrogens is 271 g/mol. The number of aromatic nitrogens is 2. The van der Waals surface area contributed by atoms with Gasteiger partial charge in [0, 0.05) is 17.4 Å². The Morgan fingerprint density at radius 2 is 1.86 bits per heavy atom. The van der Waals surface area contributed by atoms with Crippen molar-refractivity contribution in [2.75, 3.05) is 0 Å². The lowest BCUT2D eigenvalue weighted by Crippen LogP contribution is -1.96. The van der Waals surface area contributed by atoms with Gasteiger partial charge in [0.25, 0.3) is 0 Å². The third-order valence-corrected chi connectivity index (χ3v) is 3.04. The van der Waals surface area contributed by atoms with Crippen LogP contribution in [-0.2, 0) is 0 Å². The Morgan fingerprint density at radius 1 is 1.10 bits per heavy atom. The third kappa shape index (κ3) is 2.53. The van der Waals surface area contributed by atoms with Crippen molar-refractivity contribution < 1.29 is 14.3 Å². The number of hydrogen-bond acceptors (Lipinski definition) is 2. The van der Waals surface area contributed by atoms with Crippen LogP contribution in [0.4, 0.5) is 4.39 Å². The number of carbonyl (C=O) groups is 1. The molecule has 21 heavy (non-hydrogen) atoms. The quantitative estimate of drug-likeness (QED) is 0.801. The Morgan fingerprint density at radius 3 is 2.52 bits per heavy atom. The van der Waals surface area contributed by atoms with Gasteiger partial charge in [-0.3, -0.25) is 4.57 Å². The van der Waals surface area contributed by atoms with Crippen molar-refractivity contribution in [2.24, 2.45) is 0 Å². The summed E-state index contributed by atoms with van der Waals surface area (Å²) in [4.78, 5) is 15.3. The van der Waals surface area contributed by atoms with Crippen LogP contribution in [0.25, 0.3) is 17.1 Å². The second kappa shape index (κ2) is 5.20. The van der Waals surface area contributed by atoms with Crippen LogP contribution in [0.3, 0.4) is 0 Å². The molecule has 3 rings (SSSR count). The molecule has 0 radical (unpaired) electrons. The fourth-order valence-electron chi connectivity index (χ4n) is 2.10. The minimum absolute atomic E-state index is 0.0851. The van der Waals surface area contributed by atoms with Crippen molar-refractivity contribution >= 4 is 5.97 Å². The molecule has 2 aromatic carbocycles. The topological polar surface area (TPSA) is 55.1 Å². The van der Waals surface area contributed by atoms with Gasteiger partial charge in [-0.1, -0.05) is 36.4 Å². The number of halogens is 1. The summed E-state index contributed by atoms with van der Waals surface area (Å²) in [7, 11) is 0. The lowest BCUT2D eigenvalue weighted by atomic mass is 10.2. The van der Waals surface area contributed by atoms with Crippen LogP contribution in [0.1, 0.15) is 10.5 Å². The van der Waals surface area contributed by atoms with Crippen molar-refractivity contribution in [1.29, 1.82) is 0 Å². The summed E-state index contributed by atoms with van der Waals surface area (Å²) in [5, 5.41) is 9.12. The molecule has 0 unspecified atom stereocenters. The van der Waals surface area contributed by atoms with E-state index in [2.05, 4.69) is 4.98 Å². The van der Waals surface area contributed by atoms with Crippen LogP contribution < -0.4 is 0 Å². The van der Waals surface area contributed by atoms with E-state index >= 15 is 0 Å². The van der Waals surface area contributed by atoms with E-state index in [0.717, 1.165) is 5.56 Å². The van der Waals surface area contributed by atoms with E-state index in [4.69, 9.17) is 5.11 Å². The van der Waals surface area contributed by atoms with Gasteiger partial charge in [-0.15, -0.1) is 0 Å². The molecule has 0 amide bonds. The lowest BCUT2D eigenvalue weighted by Gasteiger charge is -2.07. The van der Waals surface area contributed by atoms with E-state index in [9.17, 15) is 9.18 Å². The predicted octanol–water partition coefficient (Wildman–Crippen LogP) is 3.38. The van der Waals surface area contributed by atoms with Gasteiger partial charge in [0.2, 0.25) is 0 Å². The monoisotopic (exact) mass is 282 g/mol. The molecule has 0 fully saturated rings. The van der Waals surface area contributed by atoms with E-state index in [0.29, 0.717) is 11.5 Å². The minimum Gasteiger partial charge on any atom is -0.476 e. The first kappa shape index (κ1) is 13.1. The first-order valence-corrected chi connectivity index (χ1v) is 6.29. The zero-order valence-corrected chi connectivity index (χ0v) is 10.9. The van der Waals surface area contributed by atoms with E-state index in [-0.39, 0.29) is 5.69 Å². The first-order valence-electron chi connectivity index (χ1n) is 6.29. The highest BCUT2D eigenvalue weighted by Gasteiger charge is 2.15. The molecular formula is C16H11FN2O2. The van der Waals surface area contributed by atoms with Crippen molar-refractivity contribution in [2.45, 2.75) is 0 Å². The van der Waals surface area contributed by atoms with Gasteiger partial charge in [0.05, 0.1) is 0 Å². The highest BCUT2D eigenvalue weighted by Crippen LogP contribution is 2.23. The Bertz CT molecular complexity index is 797. The van der Waals surface area contributed by atoms with Crippen LogP contribution in [0.5, 0.6) is 0 Å². The smallest absolute Gasteiger partial charge is 0.356 e. The molecule has 3 aromatic rings. The molecule has 104 valence electrons. The fraction of sp³-hybridized carbons (Fsp3) is 0. The standard InChI is InChI=1S/C16H11FN2O2/c17-12-7-4-8-13(9-12)19-10-14(16(20)21)18-15(19)11-5-2-1-3-6-11/h1-10H,(H,20,21). The molecule has 1 aromatic heterocycles. The zero-order chi connectivity index (χ0) is 14.8. The number of benzene rings is 2. The molecule has 0 spiro atoms. The van der Waals surface area contributed by atoms with E-state index in [1.54, 1.807) is 16.7 Å². The first-order chi connectivity index (χ1) is 10.1. The maximum atomic E-state index is 13.4. The summed E-state index contributed by atoms with van der Waals surface area (Å²) in [5.74, 6) is -1.06. The molecule has 4 nitrogen and oxygen atoms in total. The van der Waals surface area contributed by atoms with E-state index in [1.165, 1.54) is 18.3 Å². The Balaban J connectivity index is 2.21. The Kier molecular flexibility index (Phi) is 3.23. The maximum absolute atomic E-state index is 13.4. The number of aromatic carboxylic acids is 1. The molecule has 5 heteroatoms. The van der Waals surface area contributed by atoms with Gasteiger partial charge < -0.3 is 5.11 Å². The zero-order valence-electron chi connectivity index (χ0n) is 10.9. The second-order valence-electron chi connectivity index (χ2n) is 4.47. The predicted molar refractivity (Wildman–Crippen MR) is 75.9 cm³/mol. The van der Waals surface area contributed by atoms with Crippen LogP contribution in [0.15, 0.2) is 60.8 Å². The van der Waals surface area contributed by atoms with Crippen molar-refractivity contribution in [3.05, 3.63) is 72.3 Å². The number of nitrogens with zero attached hydrogens (tertiary/aromatic N) is 2. The summed E-state index contributed by atoms with van der Waals surface area (Å²) in [6, 6.07) is 15.1. The van der Waals surface area contributed by atoms with Crippen LogP contribution in [0.2, 0.25) is 0 Å². The fourth-order valence-corrected chi connectivity index (χ4v) is 2.10. The van der Waals surface area contributed by atoms with Gasteiger partial charge in [-0.25, -0.2) is 14.2 Å². The van der Waals surface area contributed by atoms with Crippen molar-refractivity contribution in [3.63, 3.8) is 0 Å².